The number of nitrogens with zero attached hydrogens (tertiary/aromatic N) is 3. The predicted molar refractivity (Wildman–Crippen MR) is 76.6 cm³/mol. The zero-order valence-corrected chi connectivity index (χ0v) is 12.7. The molecule has 1 heterocycles. The Labute approximate surface area is 124 Å². The van der Waals surface area contributed by atoms with Gasteiger partial charge < -0.3 is 19.9 Å². The van der Waals surface area contributed by atoms with E-state index in [-0.39, 0.29) is 12.1 Å². The Bertz CT molecular complexity index is 542. The predicted octanol–water partition coefficient (Wildman–Crippen LogP) is 1.20. The number of carboxylic acids is 1. The van der Waals surface area contributed by atoms with Gasteiger partial charge in [0.2, 0.25) is 0 Å². The summed E-state index contributed by atoms with van der Waals surface area (Å²) in [5.41, 5.74) is -0.875. The number of carbonyl (C=O) groups is 2. The number of carbonyl (C=O) groups excluding carboxylic acids is 1. The van der Waals surface area contributed by atoms with E-state index in [1.807, 2.05) is 17.8 Å². The van der Waals surface area contributed by atoms with E-state index in [1.54, 1.807) is 20.2 Å². The molecule has 1 aliphatic carbocycles. The molecule has 2 N–H and O–H groups in total. The minimum atomic E-state index is -0.875. The van der Waals surface area contributed by atoms with E-state index in [0.717, 1.165) is 12.2 Å². The van der Waals surface area contributed by atoms with Gasteiger partial charge in [-0.25, -0.2) is 9.78 Å². The van der Waals surface area contributed by atoms with Crippen LogP contribution in [0.4, 0.5) is 4.79 Å². The summed E-state index contributed by atoms with van der Waals surface area (Å²) in [5, 5.41) is 12.2. The lowest BCUT2D eigenvalue weighted by molar-refractivity contribution is -0.148. The third-order valence-electron chi connectivity index (χ3n) is 4.39. The van der Waals surface area contributed by atoms with Crippen molar-refractivity contribution in [3.63, 3.8) is 0 Å². The summed E-state index contributed by atoms with van der Waals surface area (Å²) in [7, 11) is 3.55. The maximum Gasteiger partial charge on any atom is 0.317 e. The van der Waals surface area contributed by atoms with Crippen LogP contribution in [0.1, 0.15) is 32.0 Å². The van der Waals surface area contributed by atoms with E-state index < -0.39 is 11.4 Å². The van der Waals surface area contributed by atoms with Gasteiger partial charge in [-0.3, -0.25) is 4.79 Å². The van der Waals surface area contributed by atoms with Gasteiger partial charge in [-0.2, -0.15) is 0 Å². The number of hydrogen-bond donors (Lipinski definition) is 2. The molecule has 116 valence electrons. The van der Waals surface area contributed by atoms with Crippen LogP contribution in [-0.4, -0.2) is 44.6 Å². The Morgan fingerprint density at radius 3 is 2.90 bits per heavy atom. The Hall–Kier alpha value is -2.05. The highest BCUT2D eigenvalue weighted by Gasteiger charge is 2.46. The summed E-state index contributed by atoms with van der Waals surface area (Å²) in [5.74, 6) is -0.0721. The molecule has 0 radical (unpaired) electrons. The highest BCUT2D eigenvalue weighted by atomic mass is 16.4. The number of hydrogen-bond acceptors (Lipinski definition) is 3. The molecule has 1 saturated carbocycles. The van der Waals surface area contributed by atoms with Gasteiger partial charge in [0.1, 0.15) is 5.82 Å². The standard InChI is InChI=1S/C14H22N4O3/c1-14(12(19)20)6-4-5-10(14)16-13(21)18(3)9-11-15-7-8-17(11)2/h7-8,10H,4-6,9H2,1-3H3,(H,16,21)(H,19,20). The average molecular weight is 294 g/mol. The van der Waals surface area contributed by atoms with Crippen molar-refractivity contribution in [2.45, 2.75) is 38.8 Å². The van der Waals surface area contributed by atoms with Crippen molar-refractivity contribution in [3.8, 4) is 0 Å². The number of urea groups is 1. The van der Waals surface area contributed by atoms with E-state index in [4.69, 9.17) is 0 Å². The molecule has 0 aliphatic heterocycles. The average Bonchev–Trinajstić information content (AvgIpc) is 2.98. The van der Waals surface area contributed by atoms with Crippen molar-refractivity contribution in [1.82, 2.24) is 19.8 Å². The zero-order valence-electron chi connectivity index (χ0n) is 12.7. The molecule has 1 aliphatic rings. The fraction of sp³-hybridized carbons (Fsp3) is 0.643. The lowest BCUT2D eigenvalue weighted by Gasteiger charge is -2.29. The van der Waals surface area contributed by atoms with Crippen molar-refractivity contribution >= 4 is 12.0 Å². The minimum absolute atomic E-state index is 0.266. The van der Waals surface area contributed by atoms with Gasteiger partial charge >= 0.3 is 12.0 Å². The van der Waals surface area contributed by atoms with Crippen LogP contribution in [-0.2, 0) is 18.4 Å². The Balaban J connectivity index is 1.98. The molecule has 0 spiro atoms. The van der Waals surface area contributed by atoms with E-state index in [2.05, 4.69) is 10.3 Å². The first kappa shape index (κ1) is 15.3. The smallest absolute Gasteiger partial charge is 0.317 e. The van der Waals surface area contributed by atoms with Crippen molar-refractivity contribution in [3.05, 3.63) is 18.2 Å². The molecule has 1 fully saturated rings. The van der Waals surface area contributed by atoms with Gasteiger partial charge in [0.25, 0.3) is 0 Å². The quantitative estimate of drug-likeness (QED) is 0.873. The molecule has 21 heavy (non-hydrogen) atoms. The monoisotopic (exact) mass is 294 g/mol. The van der Waals surface area contributed by atoms with Crippen LogP contribution in [0.3, 0.4) is 0 Å². The number of carboxylic acid groups (broad SMARTS) is 1. The molecule has 7 nitrogen and oxygen atoms in total. The molecular formula is C14H22N4O3. The molecule has 1 aromatic heterocycles. The number of amides is 2. The summed E-state index contributed by atoms with van der Waals surface area (Å²) in [6, 6.07) is -0.594. The number of nitrogens with one attached hydrogen (secondary N) is 1. The first-order valence-corrected chi connectivity index (χ1v) is 7.06. The van der Waals surface area contributed by atoms with Crippen molar-refractivity contribution < 1.29 is 14.7 Å². The van der Waals surface area contributed by atoms with Crippen LogP contribution >= 0.6 is 0 Å². The fourth-order valence-electron chi connectivity index (χ4n) is 2.75. The van der Waals surface area contributed by atoms with Gasteiger partial charge in [0, 0.05) is 32.5 Å². The summed E-state index contributed by atoms with van der Waals surface area (Å²) in [4.78, 5) is 29.3. The van der Waals surface area contributed by atoms with Gasteiger partial charge in [0.05, 0.1) is 12.0 Å². The van der Waals surface area contributed by atoms with Gasteiger partial charge in [0.15, 0.2) is 0 Å². The highest BCUT2D eigenvalue weighted by Crippen LogP contribution is 2.38. The molecule has 2 rings (SSSR count). The Morgan fingerprint density at radius 1 is 1.62 bits per heavy atom. The van der Waals surface area contributed by atoms with Crippen LogP contribution in [0.5, 0.6) is 0 Å². The molecule has 0 bridgehead atoms. The molecule has 0 saturated heterocycles. The first-order chi connectivity index (χ1) is 9.84. The number of aryl methyl sites for hydroxylation is 1. The fourth-order valence-corrected chi connectivity index (χ4v) is 2.75. The second kappa shape index (κ2) is 5.75. The number of aliphatic carboxylic acids is 1. The first-order valence-electron chi connectivity index (χ1n) is 7.06. The van der Waals surface area contributed by atoms with Crippen LogP contribution in [0, 0.1) is 5.41 Å². The van der Waals surface area contributed by atoms with E-state index in [9.17, 15) is 14.7 Å². The number of aromatic nitrogens is 2. The molecule has 7 heteroatoms. The lowest BCUT2D eigenvalue weighted by atomic mass is 9.85. The molecule has 0 aromatic carbocycles. The van der Waals surface area contributed by atoms with Crippen LogP contribution in [0.2, 0.25) is 0 Å². The normalized spacial score (nSPS) is 24.8. The van der Waals surface area contributed by atoms with E-state index in [1.165, 1.54) is 4.90 Å². The van der Waals surface area contributed by atoms with Crippen molar-refractivity contribution in [2.75, 3.05) is 7.05 Å². The largest absolute Gasteiger partial charge is 0.481 e. The number of rotatable bonds is 4. The summed E-state index contributed by atoms with van der Waals surface area (Å²) in [6.07, 6.45) is 5.61. The van der Waals surface area contributed by atoms with Crippen molar-refractivity contribution in [2.24, 2.45) is 12.5 Å². The maximum atomic E-state index is 12.2. The third kappa shape index (κ3) is 3.01. The van der Waals surface area contributed by atoms with Crippen LogP contribution in [0.25, 0.3) is 0 Å². The van der Waals surface area contributed by atoms with Crippen molar-refractivity contribution in [1.29, 1.82) is 0 Å². The van der Waals surface area contributed by atoms with Gasteiger partial charge in [-0.05, 0) is 19.8 Å². The molecule has 2 amide bonds. The third-order valence-corrected chi connectivity index (χ3v) is 4.39. The van der Waals surface area contributed by atoms with Crippen LogP contribution in [0.15, 0.2) is 12.4 Å². The van der Waals surface area contributed by atoms with Gasteiger partial charge in [-0.1, -0.05) is 6.42 Å². The molecule has 2 unspecified atom stereocenters. The SMILES string of the molecule is CN(Cc1nccn1C)C(=O)NC1CCCC1(C)C(=O)O. The lowest BCUT2D eigenvalue weighted by Crippen LogP contribution is -2.50. The van der Waals surface area contributed by atoms with Gasteiger partial charge in [-0.15, -0.1) is 0 Å². The zero-order chi connectivity index (χ0) is 15.6. The second-order valence-electron chi connectivity index (χ2n) is 5.93. The molecular weight excluding hydrogens is 272 g/mol. The summed E-state index contributed by atoms with van der Waals surface area (Å²) < 4.78 is 1.85. The topological polar surface area (TPSA) is 87.5 Å². The van der Waals surface area contributed by atoms with E-state index >= 15 is 0 Å². The Kier molecular flexibility index (Phi) is 4.20. The summed E-state index contributed by atoms with van der Waals surface area (Å²) >= 11 is 0. The molecule has 2 atom stereocenters. The summed E-state index contributed by atoms with van der Waals surface area (Å²) in [6.45, 7) is 2.08. The second-order valence-corrected chi connectivity index (χ2v) is 5.93. The molecule has 1 aromatic rings. The van der Waals surface area contributed by atoms with E-state index in [0.29, 0.717) is 19.4 Å². The minimum Gasteiger partial charge on any atom is -0.481 e. The highest BCUT2D eigenvalue weighted by molar-refractivity contribution is 5.79. The number of imidazole rings is 1. The Morgan fingerprint density at radius 2 is 2.33 bits per heavy atom. The maximum absolute atomic E-state index is 12.2. The van der Waals surface area contributed by atoms with Crippen LogP contribution < -0.4 is 5.32 Å².